The molecule has 0 rings (SSSR count). The molecule has 3 heteroatoms. The number of nitrogens with zero attached hydrogens (tertiary/aromatic N) is 1. The fourth-order valence-electron chi connectivity index (χ4n) is 1.26. The van der Waals surface area contributed by atoms with E-state index in [9.17, 15) is 0 Å². The van der Waals surface area contributed by atoms with Crippen LogP contribution in [-0.4, -0.2) is 50.3 Å². The predicted octanol–water partition coefficient (Wildman–Crippen LogP) is 0.690. The van der Waals surface area contributed by atoms with Crippen molar-refractivity contribution in [2.75, 3.05) is 40.3 Å². The van der Waals surface area contributed by atoms with E-state index in [4.69, 9.17) is 5.11 Å². The highest BCUT2D eigenvalue weighted by atomic mass is 16.2. The highest BCUT2D eigenvalue weighted by molar-refractivity contribution is 4.53. The summed E-state index contributed by atoms with van der Waals surface area (Å²) >= 11 is 0. The number of likely N-dealkylation sites (N-methyl/N-ethyl adjacent to an activating group) is 2. The molecule has 0 heterocycles. The standard InChI is InChI=1S/C10H24N2O/c1-11-7-9-12(2)8-5-3-4-6-10-13/h11,13H,3-10H2,1-2H3. The average Bonchev–Trinajstić information content (AvgIpc) is 2.14. The first-order valence-corrected chi connectivity index (χ1v) is 5.25. The lowest BCUT2D eigenvalue weighted by atomic mass is 10.2. The van der Waals surface area contributed by atoms with Gasteiger partial charge in [0.15, 0.2) is 0 Å². The Morgan fingerprint density at radius 2 is 1.77 bits per heavy atom. The second kappa shape index (κ2) is 9.96. The molecule has 0 atom stereocenters. The van der Waals surface area contributed by atoms with E-state index in [1.807, 2.05) is 7.05 Å². The Morgan fingerprint density at radius 3 is 2.38 bits per heavy atom. The van der Waals surface area contributed by atoms with Gasteiger partial charge >= 0.3 is 0 Å². The molecule has 0 amide bonds. The molecule has 0 aromatic heterocycles. The molecule has 0 saturated carbocycles. The van der Waals surface area contributed by atoms with Crippen molar-refractivity contribution in [3.05, 3.63) is 0 Å². The van der Waals surface area contributed by atoms with Gasteiger partial charge in [0.2, 0.25) is 0 Å². The maximum absolute atomic E-state index is 8.57. The van der Waals surface area contributed by atoms with Crippen LogP contribution in [0.5, 0.6) is 0 Å². The van der Waals surface area contributed by atoms with Crippen LogP contribution in [0.4, 0.5) is 0 Å². The number of nitrogens with one attached hydrogen (secondary N) is 1. The third-order valence-electron chi connectivity index (χ3n) is 2.19. The van der Waals surface area contributed by atoms with Crippen molar-refractivity contribution in [3.8, 4) is 0 Å². The number of aliphatic hydroxyl groups is 1. The van der Waals surface area contributed by atoms with Crippen LogP contribution in [-0.2, 0) is 0 Å². The maximum atomic E-state index is 8.57. The van der Waals surface area contributed by atoms with Crippen molar-refractivity contribution in [2.24, 2.45) is 0 Å². The SMILES string of the molecule is CNCCN(C)CCCCCCO. The summed E-state index contributed by atoms with van der Waals surface area (Å²) in [6.07, 6.45) is 4.61. The van der Waals surface area contributed by atoms with E-state index in [0.29, 0.717) is 6.61 Å². The molecule has 0 spiro atoms. The van der Waals surface area contributed by atoms with Gasteiger partial charge in [-0.2, -0.15) is 0 Å². The van der Waals surface area contributed by atoms with Crippen molar-refractivity contribution in [2.45, 2.75) is 25.7 Å². The molecule has 0 bridgehead atoms. The Hall–Kier alpha value is -0.120. The molecule has 0 radical (unpaired) electrons. The molecule has 80 valence electrons. The lowest BCUT2D eigenvalue weighted by molar-refractivity contribution is 0.278. The van der Waals surface area contributed by atoms with Crippen molar-refractivity contribution >= 4 is 0 Å². The van der Waals surface area contributed by atoms with Crippen molar-refractivity contribution < 1.29 is 5.11 Å². The van der Waals surface area contributed by atoms with Gasteiger partial charge in [-0.05, 0) is 33.5 Å². The molecule has 0 unspecified atom stereocenters. The minimum atomic E-state index is 0.343. The molecule has 13 heavy (non-hydrogen) atoms. The Balaban J connectivity index is 3.03. The summed E-state index contributed by atoms with van der Waals surface area (Å²) in [7, 11) is 4.14. The van der Waals surface area contributed by atoms with E-state index < -0.39 is 0 Å². The molecule has 0 saturated heterocycles. The van der Waals surface area contributed by atoms with Gasteiger partial charge in [-0.1, -0.05) is 12.8 Å². The third kappa shape index (κ3) is 9.80. The van der Waals surface area contributed by atoms with Gasteiger partial charge in [-0.15, -0.1) is 0 Å². The van der Waals surface area contributed by atoms with E-state index in [2.05, 4.69) is 17.3 Å². The smallest absolute Gasteiger partial charge is 0.0431 e. The van der Waals surface area contributed by atoms with Crippen LogP contribution in [0.15, 0.2) is 0 Å². The molecule has 0 aliphatic carbocycles. The summed E-state index contributed by atoms with van der Waals surface area (Å²) in [5.74, 6) is 0. The Kier molecular flexibility index (Phi) is 9.87. The van der Waals surface area contributed by atoms with Crippen LogP contribution >= 0.6 is 0 Å². The van der Waals surface area contributed by atoms with Gasteiger partial charge in [-0.25, -0.2) is 0 Å². The van der Waals surface area contributed by atoms with Gasteiger partial charge in [-0.3, -0.25) is 0 Å². The first-order chi connectivity index (χ1) is 6.31. The largest absolute Gasteiger partial charge is 0.396 e. The third-order valence-corrected chi connectivity index (χ3v) is 2.19. The summed E-state index contributed by atoms with van der Waals surface area (Å²) in [4.78, 5) is 2.34. The zero-order valence-corrected chi connectivity index (χ0v) is 9.05. The van der Waals surface area contributed by atoms with E-state index >= 15 is 0 Å². The topological polar surface area (TPSA) is 35.5 Å². The summed E-state index contributed by atoms with van der Waals surface area (Å²) in [5, 5.41) is 11.7. The number of hydrogen-bond acceptors (Lipinski definition) is 3. The molecule has 3 nitrogen and oxygen atoms in total. The van der Waals surface area contributed by atoms with Crippen LogP contribution < -0.4 is 5.32 Å². The second-order valence-corrected chi connectivity index (χ2v) is 3.54. The van der Waals surface area contributed by atoms with Gasteiger partial charge < -0.3 is 15.3 Å². The van der Waals surface area contributed by atoms with Gasteiger partial charge in [0.25, 0.3) is 0 Å². The van der Waals surface area contributed by atoms with Gasteiger partial charge in [0.1, 0.15) is 0 Å². The van der Waals surface area contributed by atoms with Gasteiger partial charge in [0.05, 0.1) is 0 Å². The molecule has 2 N–H and O–H groups in total. The Bertz CT molecular complexity index is 98.9. The molecular weight excluding hydrogens is 164 g/mol. The number of hydrogen-bond donors (Lipinski definition) is 2. The minimum absolute atomic E-state index is 0.343. The Morgan fingerprint density at radius 1 is 1.08 bits per heavy atom. The van der Waals surface area contributed by atoms with E-state index in [0.717, 1.165) is 25.9 Å². The first-order valence-electron chi connectivity index (χ1n) is 5.25. The van der Waals surface area contributed by atoms with Crippen LogP contribution in [0.1, 0.15) is 25.7 Å². The zero-order chi connectivity index (χ0) is 9.94. The minimum Gasteiger partial charge on any atom is -0.396 e. The van der Waals surface area contributed by atoms with E-state index in [-0.39, 0.29) is 0 Å². The highest BCUT2D eigenvalue weighted by Gasteiger charge is 1.96. The zero-order valence-electron chi connectivity index (χ0n) is 9.05. The van der Waals surface area contributed by atoms with Crippen molar-refractivity contribution in [1.29, 1.82) is 0 Å². The van der Waals surface area contributed by atoms with Crippen molar-refractivity contribution in [1.82, 2.24) is 10.2 Å². The summed E-state index contributed by atoms with van der Waals surface area (Å²) in [5.41, 5.74) is 0. The second-order valence-electron chi connectivity index (χ2n) is 3.54. The van der Waals surface area contributed by atoms with Crippen LogP contribution in [0.2, 0.25) is 0 Å². The van der Waals surface area contributed by atoms with E-state index in [1.165, 1.54) is 19.4 Å². The number of aliphatic hydroxyl groups excluding tert-OH is 1. The molecule has 0 aliphatic rings. The first kappa shape index (κ1) is 12.9. The van der Waals surface area contributed by atoms with Gasteiger partial charge in [0, 0.05) is 19.7 Å². The summed E-state index contributed by atoms with van der Waals surface area (Å²) in [6, 6.07) is 0. The predicted molar refractivity (Wildman–Crippen MR) is 57.0 cm³/mol. The van der Waals surface area contributed by atoms with Crippen LogP contribution in [0.25, 0.3) is 0 Å². The number of rotatable bonds is 9. The van der Waals surface area contributed by atoms with Crippen molar-refractivity contribution in [3.63, 3.8) is 0 Å². The summed E-state index contributed by atoms with van der Waals surface area (Å²) < 4.78 is 0. The normalized spacial score (nSPS) is 11.1. The Labute approximate surface area is 82.1 Å². The highest BCUT2D eigenvalue weighted by Crippen LogP contribution is 1.99. The lowest BCUT2D eigenvalue weighted by Crippen LogP contribution is -2.28. The van der Waals surface area contributed by atoms with Crippen LogP contribution in [0, 0.1) is 0 Å². The van der Waals surface area contributed by atoms with Crippen LogP contribution in [0.3, 0.4) is 0 Å². The molecule has 0 aliphatic heterocycles. The lowest BCUT2D eigenvalue weighted by Gasteiger charge is -2.15. The maximum Gasteiger partial charge on any atom is 0.0431 e. The molecule has 0 fully saturated rings. The molecule has 0 aromatic carbocycles. The fourth-order valence-corrected chi connectivity index (χ4v) is 1.26. The number of unbranched alkanes of at least 4 members (excludes halogenated alkanes) is 3. The molecule has 0 aromatic rings. The fraction of sp³-hybridized carbons (Fsp3) is 1.00. The molecular formula is C10H24N2O. The average molecular weight is 188 g/mol. The summed E-state index contributed by atoms with van der Waals surface area (Å²) in [6.45, 7) is 3.70. The van der Waals surface area contributed by atoms with E-state index in [1.54, 1.807) is 0 Å². The quantitative estimate of drug-likeness (QED) is 0.523. The monoisotopic (exact) mass is 188 g/mol.